The third-order valence-electron chi connectivity index (χ3n) is 7.56. The molecule has 6 nitrogen and oxygen atoms in total. The number of piperazine rings is 1. The van der Waals surface area contributed by atoms with E-state index in [0.29, 0.717) is 31.5 Å². The van der Waals surface area contributed by atoms with Crippen molar-refractivity contribution in [3.63, 3.8) is 0 Å². The quantitative estimate of drug-likeness (QED) is 0.599. The molecule has 2 aromatic carbocycles. The van der Waals surface area contributed by atoms with Gasteiger partial charge in [-0.25, -0.2) is 4.79 Å². The van der Waals surface area contributed by atoms with Gasteiger partial charge in [0.2, 0.25) is 5.91 Å². The first-order valence-electron chi connectivity index (χ1n) is 13.1. The highest BCUT2D eigenvalue weighted by Crippen LogP contribution is 2.32. The van der Waals surface area contributed by atoms with Crippen molar-refractivity contribution in [2.75, 3.05) is 38.5 Å². The molecule has 3 amide bonds. The molecule has 1 heterocycles. The van der Waals surface area contributed by atoms with Crippen molar-refractivity contribution >= 4 is 17.6 Å². The zero-order valence-corrected chi connectivity index (χ0v) is 21.5. The molecule has 4 rings (SSSR count). The van der Waals surface area contributed by atoms with Gasteiger partial charge in [0.15, 0.2) is 0 Å². The lowest BCUT2D eigenvalue weighted by Crippen LogP contribution is -2.58. The third-order valence-corrected chi connectivity index (χ3v) is 7.56. The van der Waals surface area contributed by atoms with Crippen LogP contribution in [0.15, 0.2) is 54.6 Å². The fraction of sp³-hybridized carbons (Fsp3) is 0.517. The van der Waals surface area contributed by atoms with Gasteiger partial charge in [0, 0.05) is 45.5 Å². The Morgan fingerprint density at radius 1 is 0.943 bits per heavy atom. The molecule has 1 aliphatic carbocycles. The lowest BCUT2D eigenvalue weighted by atomic mass is 9.94. The molecule has 1 N–H and O–H groups in total. The van der Waals surface area contributed by atoms with Gasteiger partial charge in [-0.1, -0.05) is 69.2 Å². The molecule has 1 saturated carbocycles. The molecule has 2 fully saturated rings. The van der Waals surface area contributed by atoms with Crippen LogP contribution in [-0.2, 0) is 11.3 Å². The Kier molecular flexibility index (Phi) is 8.45. The minimum Gasteiger partial charge on any atom is -0.340 e. The summed E-state index contributed by atoms with van der Waals surface area (Å²) < 4.78 is 0. The van der Waals surface area contributed by atoms with Crippen LogP contribution in [0.3, 0.4) is 0 Å². The highest BCUT2D eigenvalue weighted by atomic mass is 16.2. The maximum atomic E-state index is 13.7. The number of likely N-dealkylation sites (N-methyl/N-ethyl adjacent to an activating group) is 1. The molecule has 0 bridgehead atoms. The van der Waals surface area contributed by atoms with Gasteiger partial charge >= 0.3 is 6.03 Å². The number of nitrogens with zero attached hydrogens (tertiary/aromatic N) is 3. The fourth-order valence-electron chi connectivity index (χ4n) is 5.45. The van der Waals surface area contributed by atoms with E-state index in [1.807, 2.05) is 47.2 Å². The van der Waals surface area contributed by atoms with Crippen LogP contribution < -0.4 is 5.32 Å². The molecule has 0 aromatic heterocycles. The van der Waals surface area contributed by atoms with E-state index in [0.717, 1.165) is 37.2 Å². The van der Waals surface area contributed by atoms with E-state index in [4.69, 9.17) is 0 Å². The van der Waals surface area contributed by atoms with Crippen molar-refractivity contribution in [1.82, 2.24) is 14.7 Å². The van der Waals surface area contributed by atoms with Crippen molar-refractivity contribution in [2.24, 2.45) is 5.92 Å². The van der Waals surface area contributed by atoms with Gasteiger partial charge in [-0.2, -0.15) is 0 Å². The molecule has 1 aliphatic heterocycles. The van der Waals surface area contributed by atoms with E-state index in [2.05, 4.69) is 48.3 Å². The zero-order valence-electron chi connectivity index (χ0n) is 21.5. The maximum Gasteiger partial charge on any atom is 0.321 e. The molecule has 6 heteroatoms. The fourth-order valence-corrected chi connectivity index (χ4v) is 5.45. The Bertz CT molecular complexity index is 962. The van der Waals surface area contributed by atoms with Crippen LogP contribution in [0.2, 0.25) is 0 Å². The largest absolute Gasteiger partial charge is 0.340 e. The SMILES string of the molecule is CC(C)c1ccc(NC(=O)N2CCN([C@H](C(=O)N(C)Cc3ccccc3)C3CCCC3)CC2)cc1. The van der Waals surface area contributed by atoms with E-state index >= 15 is 0 Å². The second-order valence-electron chi connectivity index (χ2n) is 10.4. The molecule has 0 radical (unpaired) electrons. The molecular weight excluding hydrogens is 436 g/mol. The van der Waals surface area contributed by atoms with Crippen LogP contribution in [-0.4, -0.2) is 65.9 Å². The van der Waals surface area contributed by atoms with Crippen LogP contribution in [0.4, 0.5) is 10.5 Å². The summed E-state index contributed by atoms with van der Waals surface area (Å²) in [6, 6.07) is 18.1. The van der Waals surface area contributed by atoms with E-state index in [-0.39, 0.29) is 18.0 Å². The summed E-state index contributed by atoms with van der Waals surface area (Å²) in [7, 11) is 1.92. The molecule has 0 unspecified atom stereocenters. The monoisotopic (exact) mass is 476 g/mol. The smallest absolute Gasteiger partial charge is 0.321 e. The van der Waals surface area contributed by atoms with E-state index in [1.54, 1.807) is 0 Å². The van der Waals surface area contributed by atoms with E-state index in [1.165, 1.54) is 18.4 Å². The lowest BCUT2D eigenvalue weighted by molar-refractivity contribution is -0.139. The van der Waals surface area contributed by atoms with Gasteiger partial charge in [0.1, 0.15) is 0 Å². The summed E-state index contributed by atoms with van der Waals surface area (Å²) in [6.07, 6.45) is 4.63. The van der Waals surface area contributed by atoms with E-state index in [9.17, 15) is 9.59 Å². The summed E-state index contributed by atoms with van der Waals surface area (Å²) in [5, 5.41) is 3.04. The van der Waals surface area contributed by atoms with Gasteiger partial charge < -0.3 is 15.1 Å². The summed E-state index contributed by atoms with van der Waals surface area (Å²) in [4.78, 5) is 32.6. The van der Waals surface area contributed by atoms with Crippen molar-refractivity contribution < 1.29 is 9.59 Å². The normalized spacial score (nSPS) is 18.0. The average Bonchev–Trinajstić information content (AvgIpc) is 3.40. The maximum absolute atomic E-state index is 13.7. The number of rotatable bonds is 7. The highest BCUT2D eigenvalue weighted by Gasteiger charge is 2.38. The number of amides is 3. The van der Waals surface area contributed by atoms with Crippen molar-refractivity contribution in [3.05, 3.63) is 65.7 Å². The van der Waals surface area contributed by atoms with Crippen LogP contribution in [0.25, 0.3) is 0 Å². The van der Waals surface area contributed by atoms with Gasteiger partial charge in [0.05, 0.1) is 6.04 Å². The number of carbonyl (C=O) groups excluding carboxylic acids is 2. The Balaban J connectivity index is 1.36. The molecule has 35 heavy (non-hydrogen) atoms. The molecule has 188 valence electrons. The molecular formula is C29H40N4O2. The standard InChI is InChI=1S/C29H40N4O2/c1-22(2)24-13-15-26(16-14-24)30-29(35)33-19-17-32(18-20-33)27(25-11-7-8-12-25)28(34)31(3)21-23-9-5-4-6-10-23/h4-6,9-10,13-16,22,25,27H,7-8,11-12,17-21H2,1-3H3,(H,30,35)/t27-/m0/s1. The minimum atomic E-state index is -0.0972. The summed E-state index contributed by atoms with van der Waals surface area (Å²) in [6.45, 7) is 7.67. The second-order valence-corrected chi connectivity index (χ2v) is 10.4. The van der Waals surface area contributed by atoms with Crippen molar-refractivity contribution in [3.8, 4) is 0 Å². The van der Waals surface area contributed by atoms with E-state index < -0.39 is 0 Å². The molecule has 2 aromatic rings. The van der Waals surface area contributed by atoms with Crippen LogP contribution in [0, 0.1) is 5.92 Å². The Labute approximate surface area is 210 Å². The topological polar surface area (TPSA) is 55.9 Å². The number of hydrogen-bond donors (Lipinski definition) is 1. The number of anilines is 1. The van der Waals surface area contributed by atoms with Crippen LogP contribution >= 0.6 is 0 Å². The number of hydrogen-bond acceptors (Lipinski definition) is 3. The zero-order chi connectivity index (χ0) is 24.8. The van der Waals surface area contributed by atoms with Gasteiger partial charge in [-0.3, -0.25) is 9.69 Å². The Morgan fingerprint density at radius 2 is 1.57 bits per heavy atom. The Hall–Kier alpha value is -2.86. The van der Waals surface area contributed by atoms with Crippen LogP contribution in [0.5, 0.6) is 0 Å². The summed E-state index contributed by atoms with van der Waals surface area (Å²) >= 11 is 0. The minimum absolute atomic E-state index is 0.0631. The predicted octanol–water partition coefficient (Wildman–Crippen LogP) is 5.18. The summed E-state index contributed by atoms with van der Waals surface area (Å²) in [5.74, 6) is 1.08. The number of urea groups is 1. The number of carbonyl (C=O) groups is 2. The lowest BCUT2D eigenvalue weighted by Gasteiger charge is -2.42. The first kappa shape index (κ1) is 25.2. The van der Waals surface area contributed by atoms with Crippen molar-refractivity contribution in [2.45, 2.75) is 58.0 Å². The predicted molar refractivity (Wildman–Crippen MR) is 141 cm³/mol. The van der Waals surface area contributed by atoms with Gasteiger partial charge in [-0.05, 0) is 47.9 Å². The van der Waals surface area contributed by atoms with Gasteiger partial charge in [-0.15, -0.1) is 0 Å². The Morgan fingerprint density at radius 3 is 2.17 bits per heavy atom. The highest BCUT2D eigenvalue weighted by molar-refractivity contribution is 5.89. The molecule has 1 atom stereocenters. The molecule has 0 spiro atoms. The first-order chi connectivity index (χ1) is 16.9. The number of nitrogens with one attached hydrogen (secondary N) is 1. The first-order valence-corrected chi connectivity index (χ1v) is 13.1. The van der Waals surface area contributed by atoms with Crippen LogP contribution in [0.1, 0.15) is 56.6 Å². The molecule has 1 saturated heterocycles. The third kappa shape index (κ3) is 6.43. The van der Waals surface area contributed by atoms with Gasteiger partial charge in [0.25, 0.3) is 0 Å². The number of benzene rings is 2. The molecule has 2 aliphatic rings. The summed E-state index contributed by atoms with van der Waals surface area (Å²) in [5.41, 5.74) is 3.23. The average molecular weight is 477 g/mol. The second kappa shape index (κ2) is 11.7. The van der Waals surface area contributed by atoms with Crippen molar-refractivity contribution in [1.29, 1.82) is 0 Å².